The second-order valence-corrected chi connectivity index (χ2v) is 7.13. The molecule has 0 radical (unpaired) electrons. The Morgan fingerprint density at radius 1 is 0.967 bits per heavy atom. The Labute approximate surface area is 172 Å². The Kier molecular flexibility index (Phi) is 5.53. The van der Waals surface area contributed by atoms with Gasteiger partial charge in [-0.05, 0) is 36.4 Å². The van der Waals surface area contributed by atoms with Crippen LogP contribution in [0.2, 0.25) is 0 Å². The van der Waals surface area contributed by atoms with Gasteiger partial charge < -0.3 is 4.42 Å². The molecule has 0 unspecified atom stereocenters. The fraction of sp³-hybridized carbons (Fsp3) is 0.158. The summed E-state index contributed by atoms with van der Waals surface area (Å²) < 4.78 is 58.8. The maximum absolute atomic E-state index is 13.1. The van der Waals surface area contributed by atoms with Gasteiger partial charge in [-0.3, -0.25) is 9.55 Å². The van der Waals surface area contributed by atoms with Crippen molar-refractivity contribution >= 4 is 11.8 Å². The summed E-state index contributed by atoms with van der Waals surface area (Å²) in [5.74, 6) is 0.233. The first-order valence-corrected chi connectivity index (χ1v) is 9.61. The average Bonchev–Trinajstić information content (AvgIpc) is 3.34. The molecule has 4 aromatic rings. The Hall–Kier alpha value is -3.21. The average molecular weight is 435 g/mol. The number of rotatable bonds is 6. The lowest BCUT2D eigenvalue weighted by Crippen LogP contribution is -2.19. The third kappa shape index (κ3) is 4.67. The van der Waals surface area contributed by atoms with E-state index in [1.807, 2.05) is 0 Å². The first-order chi connectivity index (χ1) is 14.4. The lowest BCUT2D eigenvalue weighted by molar-refractivity contribution is -0.141. The van der Waals surface area contributed by atoms with Crippen molar-refractivity contribution in [2.24, 2.45) is 0 Å². The van der Waals surface area contributed by atoms with Crippen LogP contribution in [0.15, 0.2) is 64.6 Å². The summed E-state index contributed by atoms with van der Waals surface area (Å²) in [5, 5.41) is 7.95. The monoisotopic (exact) mass is 435 g/mol. The highest BCUT2D eigenvalue weighted by Crippen LogP contribution is 2.30. The van der Waals surface area contributed by atoms with E-state index in [0.717, 1.165) is 16.3 Å². The molecule has 0 fully saturated rings. The SMILES string of the molecule is Fc1ccc(-c2nc(CSc3nnc(-c4ccncc4)n3CC(F)(F)F)co2)cc1. The molecule has 3 aromatic heterocycles. The molecule has 0 aliphatic carbocycles. The molecule has 0 aliphatic rings. The smallest absolute Gasteiger partial charge is 0.406 e. The van der Waals surface area contributed by atoms with Gasteiger partial charge in [-0.2, -0.15) is 13.2 Å². The highest BCUT2D eigenvalue weighted by molar-refractivity contribution is 7.98. The molecule has 0 saturated heterocycles. The molecule has 11 heteroatoms. The topological polar surface area (TPSA) is 69.6 Å². The Balaban J connectivity index is 1.55. The molecule has 6 nitrogen and oxygen atoms in total. The zero-order chi connectivity index (χ0) is 21.1. The van der Waals surface area contributed by atoms with Crippen molar-refractivity contribution in [1.29, 1.82) is 0 Å². The standard InChI is InChI=1S/C19H13F4N5OS/c20-14-3-1-13(2-4-14)17-25-15(9-29-17)10-30-18-27-26-16(12-5-7-24-8-6-12)28(18)11-19(21,22)23/h1-9H,10-11H2. The van der Waals surface area contributed by atoms with E-state index in [9.17, 15) is 17.6 Å². The maximum atomic E-state index is 13.1. The molecule has 0 atom stereocenters. The highest BCUT2D eigenvalue weighted by atomic mass is 32.2. The van der Waals surface area contributed by atoms with Crippen LogP contribution in [-0.4, -0.2) is 30.9 Å². The van der Waals surface area contributed by atoms with Gasteiger partial charge in [-0.15, -0.1) is 10.2 Å². The van der Waals surface area contributed by atoms with Crippen molar-refractivity contribution in [1.82, 2.24) is 24.7 Å². The molecule has 0 N–H and O–H groups in total. The molecule has 0 spiro atoms. The molecule has 1 aromatic carbocycles. The van der Waals surface area contributed by atoms with Crippen LogP contribution in [-0.2, 0) is 12.3 Å². The quantitative estimate of drug-likeness (QED) is 0.314. The normalized spacial score (nSPS) is 11.7. The van der Waals surface area contributed by atoms with Crippen LogP contribution >= 0.6 is 11.8 Å². The number of aromatic nitrogens is 5. The van der Waals surface area contributed by atoms with Crippen molar-refractivity contribution in [3.63, 3.8) is 0 Å². The minimum Gasteiger partial charge on any atom is -0.444 e. The van der Waals surface area contributed by atoms with Crippen molar-refractivity contribution in [3.05, 3.63) is 66.6 Å². The van der Waals surface area contributed by atoms with Crippen LogP contribution < -0.4 is 0 Å². The van der Waals surface area contributed by atoms with E-state index in [1.54, 1.807) is 12.1 Å². The van der Waals surface area contributed by atoms with Gasteiger partial charge in [0.05, 0.1) is 5.69 Å². The summed E-state index contributed by atoms with van der Waals surface area (Å²) in [4.78, 5) is 8.16. The first kappa shape index (κ1) is 20.1. The van der Waals surface area contributed by atoms with E-state index < -0.39 is 12.7 Å². The second kappa shape index (κ2) is 8.27. The van der Waals surface area contributed by atoms with Gasteiger partial charge in [-0.25, -0.2) is 9.37 Å². The molecule has 3 heterocycles. The number of nitrogens with zero attached hydrogens (tertiary/aromatic N) is 5. The number of benzene rings is 1. The van der Waals surface area contributed by atoms with E-state index in [2.05, 4.69) is 20.2 Å². The van der Waals surface area contributed by atoms with Gasteiger partial charge >= 0.3 is 6.18 Å². The Bertz CT molecular complexity index is 1130. The van der Waals surface area contributed by atoms with Gasteiger partial charge in [0, 0.05) is 29.3 Å². The molecular weight excluding hydrogens is 422 g/mol. The lowest BCUT2D eigenvalue weighted by atomic mass is 10.2. The van der Waals surface area contributed by atoms with E-state index in [-0.39, 0.29) is 22.6 Å². The predicted molar refractivity (Wildman–Crippen MR) is 101 cm³/mol. The van der Waals surface area contributed by atoms with Crippen LogP contribution in [0.25, 0.3) is 22.8 Å². The summed E-state index contributed by atoms with van der Waals surface area (Å²) in [6, 6.07) is 8.76. The molecule has 0 bridgehead atoms. The summed E-state index contributed by atoms with van der Waals surface area (Å²) in [6.45, 7) is -1.22. The number of thioether (sulfide) groups is 1. The van der Waals surface area contributed by atoms with E-state index in [4.69, 9.17) is 4.42 Å². The molecule has 154 valence electrons. The summed E-state index contributed by atoms with van der Waals surface area (Å²) in [5.41, 5.74) is 1.58. The van der Waals surface area contributed by atoms with Gasteiger partial charge in [-0.1, -0.05) is 11.8 Å². The zero-order valence-electron chi connectivity index (χ0n) is 15.2. The molecular formula is C19H13F4N5OS. The van der Waals surface area contributed by atoms with E-state index in [0.29, 0.717) is 22.7 Å². The second-order valence-electron chi connectivity index (χ2n) is 6.18. The number of alkyl halides is 3. The van der Waals surface area contributed by atoms with Crippen LogP contribution in [0.1, 0.15) is 5.69 Å². The van der Waals surface area contributed by atoms with Gasteiger partial charge in [0.2, 0.25) is 5.89 Å². The molecule has 4 rings (SSSR count). The fourth-order valence-corrected chi connectivity index (χ4v) is 3.48. The first-order valence-electron chi connectivity index (χ1n) is 8.62. The van der Waals surface area contributed by atoms with E-state index in [1.165, 1.54) is 42.9 Å². The largest absolute Gasteiger partial charge is 0.444 e. The maximum Gasteiger partial charge on any atom is 0.406 e. The summed E-state index contributed by atoms with van der Waals surface area (Å²) in [6.07, 6.45) is -0.0920. The van der Waals surface area contributed by atoms with Crippen LogP contribution in [0, 0.1) is 5.82 Å². The van der Waals surface area contributed by atoms with Crippen LogP contribution in [0.5, 0.6) is 0 Å². The molecule has 30 heavy (non-hydrogen) atoms. The predicted octanol–water partition coefficient (Wildman–Crippen LogP) is 4.99. The molecule has 0 amide bonds. The van der Waals surface area contributed by atoms with Crippen molar-refractivity contribution < 1.29 is 22.0 Å². The van der Waals surface area contributed by atoms with E-state index >= 15 is 0 Å². The van der Waals surface area contributed by atoms with Crippen molar-refractivity contribution in [2.45, 2.75) is 23.6 Å². The highest BCUT2D eigenvalue weighted by Gasteiger charge is 2.31. The van der Waals surface area contributed by atoms with Crippen LogP contribution in [0.3, 0.4) is 0 Å². The van der Waals surface area contributed by atoms with Gasteiger partial charge in [0.15, 0.2) is 11.0 Å². The number of pyridine rings is 1. The molecule has 0 saturated carbocycles. The number of oxazole rings is 1. The van der Waals surface area contributed by atoms with Gasteiger partial charge in [0.25, 0.3) is 0 Å². The third-order valence-electron chi connectivity index (χ3n) is 3.98. The Morgan fingerprint density at radius 2 is 1.70 bits per heavy atom. The zero-order valence-corrected chi connectivity index (χ0v) is 16.0. The minimum absolute atomic E-state index is 0.101. The summed E-state index contributed by atoms with van der Waals surface area (Å²) in [7, 11) is 0. The number of hydrogen-bond donors (Lipinski definition) is 0. The van der Waals surface area contributed by atoms with Crippen molar-refractivity contribution in [2.75, 3.05) is 0 Å². The third-order valence-corrected chi connectivity index (χ3v) is 4.99. The number of halogens is 4. The van der Waals surface area contributed by atoms with Gasteiger partial charge in [0.1, 0.15) is 18.6 Å². The summed E-state index contributed by atoms with van der Waals surface area (Å²) >= 11 is 1.06. The van der Waals surface area contributed by atoms with Crippen molar-refractivity contribution in [3.8, 4) is 22.8 Å². The molecule has 0 aliphatic heterocycles. The minimum atomic E-state index is -4.44. The Morgan fingerprint density at radius 3 is 2.40 bits per heavy atom. The number of hydrogen-bond acceptors (Lipinski definition) is 6. The lowest BCUT2D eigenvalue weighted by Gasteiger charge is -2.12. The fourth-order valence-electron chi connectivity index (χ4n) is 2.67. The van der Waals surface area contributed by atoms with Crippen LogP contribution in [0.4, 0.5) is 17.6 Å².